The number of benzene rings is 1. The van der Waals surface area contributed by atoms with Gasteiger partial charge in [-0.05, 0) is 50.7 Å². The third kappa shape index (κ3) is 4.23. The van der Waals surface area contributed by atoms with Crippen molar-refractivity contribution < 1.29 is 4.42 Å². The van der Waals surface area contributed by atoms with Gasteiger partial charge in [-0.25, -0.2) is 0 Å². The van der Waals surface area contributed by atoms with Gasteiger partial charge in [-0.2, -0.15) is 0 Å². The van der Waals surface area contributed by atoms with Gasteiger partial charge >= 0.3 is 0 Å². The number of rotatable bonds is 5. The molecular formula is C20H28N4O. The largest absolute Gasteiger partial charge is 0.468 e. The number of fused-ring (bicyclic) bond motifs is 1. The van der Waals surface area contributed by atoms with Crippen LogP contribution in [0.4, 0.5) is 0 Å². The summed E-state index contributed by atoms with van der Waals surface area (Å²) in [5.74, 6) is 1.93. The van der Waals surface area contributed by atoms with Gasteiger partial charge in [0.15, 0.2) is 5.96 Å². The van der Waals surface area contributed by atoms with E-state index in [1.807, 2.05) is 12.1 Å². The van der Waals surface area contributed by atoms with Crippen LogP contribution in [0.25, 0.3) is 0 Å². The lowest BCUT2D eigenvalue weighted by molar-refractivity contribution is 0.263. The summed E-state index contributed by atoms with van der Waals surface area (Å²) in [5.41, 5.74) is 2.85. The lowest BCUT2D eigenvalue weighted by Crippen LogP contribution is -2.44. The summed E-state index contributed by atoms with van der Waals surface area (Å²) in [6.45, 7) is 5.56. The van der Waals surface area contributed by atoms with Gasteiger partial charge in [-0.15, -0.1) is 0 Å². The van der Waals surface area contributed by atoms with Crippen molar-refractivity contribution in [3.63, 3.8) is 0 Å². The second kappa shape index (κ2) is 8.21. The van der Waals surface area contributed by atoms with Gasteiger partial charge in [0.2, 0.25) is 0 Å². The zero-order chi connectivity index (χ0) is 17.6. The Morgan fingerprint density at radius 1 is 1.24 bits per heavy atom. The van der Waals surface area contributed by atoms with E-state index in [0.29, 0.717) is 6.54 Å². The van der Waals surface area contributed by atoms with E-state index >= 15 is 0 Å². The quantitative estimate of drug-likeness (QED) is 0.671. The summed E-state index contributed by atoms with van der Waals surface area (Å²) in [7, 11) is 4.12. The van der Waals surface area contributed by atoms with Gasteiger partial charge < -0.3 is 14.6 Å². The van der Waals surface area contributed by atoms with E-state index in [1.165, 1.54) is 11.1 Å². The molecule has 0 saturated heterocycles. The predicted molar refractivity (Wildman–Crippen MR) is 102 cm³/mol. The van der Waals surface area contributed by atoms with Crippen molar-refractivity contribution in [2.45, 2.75) is 25.9 Å². The first-order valence-electron chi connectivity index (χ1n) is 8.99. The van der Waals surface area contributed by atoms with Crippen LogP contribution in [0.5, 0.6) is 0 Å². The molecular weight excluding hydrogens is 312 g/mol. The molecule has 1 aromatic heterocycles. The second-order valence-corrected chi connectivity index (χ2v) is 6.63. The zero-order valence-electron chi connectivity index (χ0n) is 15.4. The van der Waals surface area contributed by atoms with E-state index < -0.39 is 0 Å². The topological polar surface area (TPSA) is 44.0 Å². The lowest BCUT2D eigenvalue weighted by atomic mass is 10.0. The highest BCUT2D eigenvalue weighted by molar-refractivity contribution is 5.80. The molecule has 1 aliphatic rings. The van der Waals surface area contributed by atoms with E-state index in [2.05, 4.69) is 60.4 Å². The van der Waals surface area contributed by atoms with Crippen molar-refractivity contribution in [2.75, 3.05) is 33.7 Å². The average Bonchev–Trinajstić information content (AvgIpc) is 3.14. The highest BCUT2D eigenvalue weighted by atomic mass is 16.3. The molecule has 0 bridgehead atoms. The summed E-state index contributed by atoms with van der Waals surface area (Å²) in [5, 5.41) is 3.45. The van der Waals surface area contributed by atoms with Gasteiger partial charge in [0.1, 0.15) is 5.76 Å². The van der Waals surface area contributed by atoms with Crippen LogP contribution < -0.4 is 5.32 Å². The molecule has 5 heteroatoms. The number of furan rings is 1. The summed E-state index contributed by atoms with van der Waals surface area (Å²) >= 11 is 0. The molecule has 5 nitrogen and oxygen atoms in total. The van der Waals surface area contributed by atoms with Crippen molar-refractivity contribution in [1.82, 2.24) is 15.1 Å². The van der Waals surface area contributed by atoms with Crippen LogP contribution in [0.3, 0.4) is 0 Å². The molecule has 1 aliphatic heterocycles. The Balaban J connectivity index is 1.75. The minimum absolute atomic E-state index is 0.140. The highest BCUT2D eigenvalue weighted by Crippen LogP contribution is 2.21. The number of hydrogen-bond donors (Lipinski definition) is 1. The highest BCUT2D eigenvalue weighted by Gasteiger charge is 2.21. The molecule has 1 atom stereocenters. The molecule has 1 unspecified atom stereocenters. The maximum absolute atomic E-state index is 5.60. The molecule has 3 rings (SSSR count). The van der Waals surface area contributed by atoms with E-state index in [-0.39, 0.29) is 6.04 Å². The number of hydrogen-bond acceptors (Lipinski definition) is 3. The monoisotopic (exact) mass is 340 g/mol. The number of nitrogens with one attached hydrogen (secondary N) is 1. The van der Waals surface area contributed by atoms with Crippen molar-refractivity contribution in [2.24, 2.45) is 4.99 Å². The molecule has 25 heavy (non-hydrogen) atoms. The van der Waals surface area contributed by atoms with Crippen LogP contribution in [-0.2, 0) is 13.0 Å². The van der Waals surface area contributed by atoms with Gasteiger partial charge in [0.25, 0.3) is 0 Å². The van der Waals surface area contributed by atoms with E-state index in [1.54, 1.807) is 6.26 Å². The Morgan fingerprint density at radius 2 is 2.04 bits per heavy atom. The van der Waals surface area contributed by atoms with E-state index in [4.69, 9.17) is 9.41 Å². The zero-order valence-corrected chi connectivity index (χ0v) is 15.4. The maximum Gasteiger partial charge on any atom is 0.194 e. The molecule has 0 spiro atoms. The third-order valence-corrected chi connectivity index (χ3v) is 4.67. The molecule has 0 aliphatic carbocycles. The molecule has 0 amide bonds. The van der Waals surface area contributed by atoms with Crippen molar-refractivity contribution >= 4 is 5.96 Å². The molecule has 0 saturated carbocycles. The maximum atomic E-state index is 5.60. The number of aliphatic imine (C=N–C) groups is 1. The molecule has 2 aromatic rings. The fourth-order valence-corrected chi connectivity index (χ4v) is 3.26. The van der Waals surface area contributed by atoms with Crippen molar-refractivity contribution in [3.05, 3.63) is 59.5 Å². The van der Waals surface area contributed by atoms with Crippen LogP contribution in [0.1, 0.15) is 29.9 Å². The third-order valence-electron chi connectivity index (χ3n) is 4.67. The number of guanidine groups is 1. The Kier molecular flexibility index (Phi) is 5.76. The first kappa shape index (κ1) is 17.5. The average molecular weight is 340 g/mol. The van der Waals surface area contributed by atoms with Crippen LogP contribution in [0.2, 0.25) is 0 Å². The van der Waals surface area contributed by atoms with Crippen LogP contribution in [-0.4, -0.2) is 49.5 Å². The molecule has 1 aromatic carbocycles. The minimum atomic E-state index is 0.140. The number of likely N-dealkylation sites (N-methyl/N-ethyl adjacent to an activating group) is 1. The summed E-state index contributed by atoms with van der Waals surface area (Å²) in [6.07, 6.45) is 2.79. The molecule has 134 valence electrons. The first-order chi connectivity index (χ1) is 12.2. The van der Waals surface area contributed by atoms with Crippen LogP contribution in [0, 0.1) is 0 Å². The lowest BCUT2D eigenvalue weighted by Gasteiger charge is -2.32. The predicted octanol–water partition coefficient (Wildman–Crippen LogP) is 2.91. The van der Waals surface area contributed by atoms with Gasteiger partial charge in [-0.1, -0.05) is 24.3 Å². The minimum Gasteiger partial charge on any atom is -0.468 e. The van der Waals surface area contributed by atoms with Crippen molar-refractivity contribution in [1.29, 1.82) is 0 Å². The molecule has 0 radical (unpaired) electrons. The molecule has 0 fully saturated rings. The van der Waals surface area contributed by atoms with Gasteiger partial charge in [0.05, 0.1) is 18.8 Å². The van der Waals surface area contributed by atoms with Crippen LogP contribution in [0.15, 0.2) is 52.1 Å². The Bertz CT molecular complexity index is 693. The Morgan fingerprint density at radius 3 is 2.72 bits per heavy atom. The SMILES string of the molecule is CCNC(=NCC(c1ccco1)N(C)C)N1CCc2ccccc2C1. The molecule has 1 N–H and O–H groups in total. The molecule has 2 heterocycles. The smallest absolute Gasteiger partial charge is 0.194 e. The summed E-state index contributed by atoms with van der Waals surface area (Å²) in [6, 6.07) is 12.8. The van der Waals surface area contributed by atoms with Gasteiger partial charge in [-0.3, -0.25) is 9.89 Å². The summed E-state index contributed by atoms with van der Waals surface area (Å²) < 4.78 is 5.60. The van der Waals surface area contributed by atoms with Crippen molar-refractivity contribution in [3.8, 4) is 0 Å². The number of nitrogens with zero attached hydrogens (tertiary/aromatic N) is 3. The standard InChI is InChI=1S/C20H28N4O/c1-4-21-20(22-14-18(23(2)3)19-10-7-13-25-19)24-12-11-16-8-5-6-9-17(16)15-24/h5-10,13,18H,4,11-12,14-15H2,1-3H3,(H,21,22). The fourth-order valence-electron chi connectivity index (χ4n) is 3.26. The van der Waals surface area contributed by atoms with Gasteiger partial charge in [0, 0.05) is 19.6 Å². The second-order valence-electron chi connectivity index (χ2n) is 6.63. The summed E-state index contributed by atoms with van der Waals surface area (Å²) in [4.78, 5) is 9.42. The Hall–Kier alpha value is -2.27. The van der Waals surface area contributed by atoms with E-state index in [0.717, 1.165) is 37.8 Å². The van der Waals surface area contributed by atoms with Crippen LogP contribution >= 0.6 is 0 Å². The van der Waals surface area contributed by atoms with E-state index in [9.17, 15) is 0 Å². The normalized spacial score (nSPS) is 16.0. The fraction of sp³-hybridized carbons (Fsp3) is 0.450. The Labute approximate surface area is 150 Å². The first-order valence-corrected chi connectivity index (χ1v) is 8.99.